The van der Waals surface area contributed by atoms with E-state index in [2.05, 4.69) is 10.6 Å². The molecule has 0 saturated carbocycles. The molecule has 0 fully saturated rings. The van der Waals surface area contributed by atoms with Crippen LogP contribution in [0.15, 0.2) is 64.2 Å². The van der Waals surface area contributed by atoms with E-state index in [4.69, 9.17) is 19.8 Å². The van der Waals surface area contributed by atoms with Crippen molar-refractivity contribution in [2.45, 2.75) is 6.54 Å². The lowest BCUT2D eigenvalue weighted by atomic mass is 9.97. The van der Waals surface area contributed by atoms with Gasteiger partial charge in [-0.1, -0.05) is 36.4 Å². The van der Waals surface area contributed by atoms with Crippen molar-refractivity contribution in [1.82, 2.24) is 14.5 Å². The van der Waals surface area contributed by atoms with Gasteiger partial charge in [0.2, 0.25) is 0 Å². The minimum atomic E-state index is -1.82. The number of carboxylic acids is 2. The minimum Gasteiger partial charge on any atom is -0.473 e. The summed E-state index contributed by atoms with van der Waals surface area (Å²) in [5.41, 5.74) is 0.357. The second-order valence-electron chi connectivity index (χ2n) is 7.78. The first kappa shape index (κ1) is 29.1. The van der Waals surface area contributed by atoms with Crippen molar-refractivity contribution in [2.75, 3.05) is 18.4 Å². The molecule has 38 heavy (non-hydrogen) atoms. The molecule has 3 rings (SSSR count). The third kappa shape index (κ3) is 7.69. The standard InChI is InChI=1S/C22H23N5O5.C2H2O4/c1-25-19(13-20(28)26(2)22(25)30)24-11-10-23-14-16-8-9-17(27(31)32)12-18(16)21(29)15-6-4-3-5-7-15;3-1(4)2(5)6/h3-9,12-13,23-24H,10-11,14H2,1-2H3;(H,3,4)(H,5,6). The summed E-state index contributed by atoms with van der Waals surface area (Å²) in [6, 6.07) is 14.2. The number of anilines is 1. The number of aromatic nitrogens is 2. The highest BCUT2D eigenvalue weighted by molar-refractivity contribution is 6.27. The first-order valence-electron chi connectivity index (χ1n) is 11.0. The van der Waals surface area contributed by atoms with E-state index >= 15 is 0 Å². The topological polar surface area (TPSA) is 203 Å². The van der Waals surface area contributed by atoms with Gasteiger partial charge >= 0.3 is 17.6 Å². The number of hydrogen-bond acceptors (Lipinski definition) is 9. The average Bonchev–Trinajstić information content (AvgIpc) is 2.90. The second kappa shape index (κ2) is 13.3. The van der Waals surface area contributed by atoms with Crippen LogP contribution in [0.25, 0.3) is 0 Å². The van der Waals surface area contributed by atoms with Crippen LogP contribution >= 0.6 is 0 Å². The highest BCUT2D eigenvalue weighted by Crippen LogP contribution is 2.21. The average molecular weight is 527 g/mol. The van der Waals surface area contributed by atoms with Crippen molar-refractivity contribution in [2.24, 2.45) is 14.1 Å². The molecule has 0 saturated heterocycles. The fourth-order valence-electron chi connectivity index (χ4n) is 3.19. The van der Waals surface area contributed by atoms with Crippen molar-refractivity contribution in [3.63, 3.8) is 0 Å². The Hall–Kier alpha value is -5.11. The van der Waals surface area contributed by atoms with Crippen molar-refractivity contribution in [3.05, 3.63) is 102 Å². The highest BCUT2D eigenvalue weighted by atomic mass is 16.6. The maximum atomic E-state index is 12.9. The Balaban J connectivity index is 0.000000757. The van der Waals surface area contributed by atoms with Gasteiger partial charge in [0, 0.05) is 63.1 Å². The van der Waals surface area contributed by atoms with Crippen molar-refractivity contribution in [1.29, 1.82) is 0 Å². The van der Waals surface area contributed by atoms with Crippen LogP contribution in [0.1, 0.15) is 21.5 Å². The molecule has 14 nitrogen and oxygen atoms in total. The van der Waals surface area contributed by atoms with E-state index in [1.807, 2.05) is 0 Å². The molecule has 0 spiro atoms. The Morgan fingerprint density at radius 1 is 0.921 bits per heavy atom. The Labute approximate surface area is 214 Å². The zero-order chi connectivity index (χ0) is 28.4. The van der Waals surface area contributed by atoms with Gasteiger partial charge in [-0.05, 0) is 5.56 Å². The van der Waals surface area contributed by atoms with E-state index in [1.165, 1.54) is 29.8 Å². The summed E-state index contributed by atoms with van der Waals surface area (Å²) >= 11 is 0. The number of ketones is 1. The van der Waals surface area contributed by atoms with Gasteiger partial charge < -0.3 is 20.8 Å². The summed E-state index contributed by atoms with van der Waals surface area (Å²) in [5, 5.41) is 32.2. The number of carboxylic acid groups (broad SMARTS) is 2. The van der Waals surface area contributed by atoms with Crippen molar-refractivity contribution in [3.8, 4) is 0 Å². The minimum absolute atomic E-state index is 0.152. The van der Waals surface area contributed by atoms with Crippen LogP contribution in [0, 0.1) is 10.1 Å². The molecule has 0 aliphatic rings. The van der Waals surface area contributed by atoms with Gasteiger partial charge in [0.15, 0.2) is 5.78 Å². The number of nitro benzene ring substituents is 1. The number of nitro groups is 1. The monoisotopic (exact) mass is 527 g/mol. The first-order chi connectivity index (χ1) is 17.9. The van der Waals surface area contributed by atoms with E-state index in [1.54, 1.807) is 43.4 Å². The number of nitrogens with one attached hydrogen (secondary N) is 2. The third-order valence-corrected chi connectivity index (χ3v) is 5.22. The second-order valence-corrected chi connectivity index (χ2v) is 7.78. The molecule has 0 atom stereocenters. The summed E-state index contributed by atoms with van der Waals surface area (Å²) in [4.78, 5) is 65.5. The molecule has 0 radical (unpaired) electrons. The number of rotatable bonds is 9. The summed E-state index contributed by atoms with van der Waals surface area (Å²) in [5.74, 6) is -3.54. The van der Waals surface area contributed by atoms with Crippen LogP contribution in [0.4, 0.5) is 11.5 Å². The van der Waals surface area contributed by atoms with Crippen LogP contribution in [-0.4, -0.2) is 55.1 Å². The first-order valence-corrected chi connectivity index (χ1v) is 11.0. The van der Waals surface area contributed by atoms with Crippen molar-refractivity contribution < 1.29 is 29.5 Å². The van der Waals surface area contributed by atoms with E-state index < -0.39 is 28.1 Å². The Bertz CT molecular complexity index is 1450. The molecule has 1 heterocycles. The van der Waals surface area contributed by atoms with E-state index in [0.29, 0.717) is 36.6 Å². The predicted molar refractivity (Wildman–Crippen MR) is 135 cm³/mol. The zero-order valence-corrected chi connectivity index (χ0v) is 20.4. The van der Waals surface area contributed by atoms with Gasteiger partial charge in [0.25, 0.3) is 11.2 Å². The molecule has 0 aliphatic heterocycles. The van der Waals surface area contributed by atoms with Gasteiger partial charge in [-0.3, -0.25) is 28.8 Å². The number of nitrogens with zero attached hydrogens (tertiary/aromatic N) is 3. The van der Waals surface area contributed by atoms with Crippen LogP contribution in [0.2, 0.25) is 0 Å². The molecule has 0 unspecified atom stereocenters. The molecule has 2 aromatic carbocycles. The van der Waals surface area contributed by atoms with Gasteiger partial charge in [0.1, 0.15) is 5.82 Å². The Kier molecular flexibility index (Phi) is 10.2. The number of hydrogen-bond donors (Lipinski definition) is 4. The molecule has 0 amide bonds. The summed E-state index contributed by atoms with van der Waals surface area (Å²) < 4.78 is 2.36. The number of non-ortho nitro benzene ring substituents is 1. The van der Waals surface area contributed by atoms with Gasteiger partial charge in [-0.2, -0.15) is 0 Å². The van der Waals surface area contributed by atoms with Gasteiger partial charge in [-0.15, -0.1) is 0 Å². The predicted octanol–water partition coefficient (Wildman–Crippen LogP) is 0.581. The molecule has 1 aromatic heterocycles. The highest BCUT2D eigenvalue weighted by Gasteiger charge is 2.18. The molecule has 0 aliphatic carbocycles. The van der Waals surface area contributed by atoms with E-state index in [0.717, 1.165) is 4.57 Å². The fraction of sp³-hybridized carbons (Fsp3) is 0.208. The number of carbonyl (C=O) groups is 3. The van der Waals surface area contributed by atoms with Crippen molar-refractivity contribution >= 4 is 29.2 Å². The molecular weight excluding hydrogens is 502 g/mol. The van der Waals surface area contributed by atoms with Crippen LogP contribution in [0.3, 0.4) is 0 Å². The summed E-state index contributed by atoms with van der Waals surface area (Å²) in [6.07, 6.45) is 0. The summed E-state index contributed by atoms with van der Waals surface area (Å²) in [7, 11) is 2.98. The van der Waals surface area contributed by atoms with E-state index in [9.17, 15) is 24.5 Å². The Morgan fingerprint density at radius 2 is 1.55 bits per heavy atom. The van der Waals surface area contributed by atoms with Gasteiger partial charge in [-0.25, -0.2) is 14.4 Å². The number of aliphatic carboxylic acids is 2. The maximum Gasteiger partial charge on any atom is 0.414 e. The van der Waals surface area contributed by atoms with Crippen LogP contribution in [-0.2, 0) is 30.2 Å². The fourth-order valence-corrected chi connectivity index (χ4v) is 3.19. The lowest BCUT2D eigenvalue weighted by Gasteiger charge is -2.13. The molecule has 14 heteroatoms. The molecule has 4 N–H and O–H groups in total. The Morgan fingerprint density at radius 3 is 2.13 bits per heavy atom. The zero-order valence-electron chi connectivity index (χ0n) is 20.4. The number of carbonyl (C=O) groups excluding carboxylic acids is 1. The quantitative estimate of drug-likeness (QED) is 0.0996. The lowest BCUT2D eigenvalue weighted by molar-refractivity contribution is -0.384. The van der Waals surface area contributed by atoms with Crippen LogP contribution in [0.5, 0.6) is 0 Å². The normalized spacial score (nSPS) is 10.2. The lowest BCUT2D eigenvalue weighted by Crippen LogP contribution is -2.38. The van der Waals surface area contributed by atoms with E-state index in [-0.39, 0.29) is 17.0 Å². The molecule has 3 aromatic rings. The van der Waals surface area contributed by atoms with Crippen LogP contribution < -0.4 is 21.9 Å². The maximum absolute atomic E-state index is 12.9. The summed E-state index contributed by atoms with van der Waals surface area (Å²) in [6.45, 7) is 1.18. The molecule has 0 bridgehead atoms. The molecule has 200 valence electrons. The van der Waals surface area contributed by atoms with Gasteiger partial charge in [0.05, 0.1) is 4.92 Å². The largest absolute Gasteiger partial charge is 0.473 e. The SMILES string of the molecule is Cn1c(NCCNCc2ccc([N+](=O)[O-])cc2C(=O)c2ccccc2)cc(=O)n(C)c1=O.O=C(O)C(=O)O. The number of benzene rings is 2. The molecular formula is C24H25N5O9. The smallest absolute Gasteiger partial charge is 0.414 e. The third-order valence-electron chi connectivity index (χ3n) is 5.22.